The highest BCUT2D eigenvalue weighted by atomic mass is 14.3. The van der Waals surface area contributed by atoms with Crippen LogP contribution in [0.4, 0.5) is 0 Å². The van der Waals surface area contributed by atoms with Crippen molar-refractivity contribution in [2.45, 2.75) is 53.4 Å². The van der Waals surface area contributed by atoms with Gasteiger partial charge in [0.1, 0.15) is 0 Å². The molecule has 0 aliphatic carbocycles. The smallest absolute Gasteiger partial charge is 0.0245 e. The molecule has 40 heavy (non-hydrogen) atoms. The van der Waals surface area contributed by atoms with E-state index in [-0.39, 0.29) is 16.7 Å². The summed E-state index contributed by atoms with van der Waals surface area (Å²) in [5, 5.41) is 0. The Morgan fingerprint density at radius 3 is 1.02 bits per heavy atom. The van der Waals surface area contributed by atoms with E-state index in [2.05, 4.69) is 126 Å². The highest BCUT2D eigenvalue weighted by Crippen LogP contribution is 2.41. The van der Waals surface area contributed by atoms with Gasteiger partial charge in [0.05, 0.1) is 0 Å². The zero-order chi connectivity index (χ0) is 29.3. The number of terminal acetylenes is 3. The Labute approximate surface area is 242 Å². The van der Waals surface area contributed by atoms with Crippen molar-refractivity contribution in [1.29, 1.82) is 0 Å². The molecular weight excluding hydrogens is 480 g/mol. The molecule has 4 aromatic carbocycles. The van der Waals surface area contributed by atoms with E-state index < -0.39 is 0 Å². The van der Waals surface area contributed by atoms with Crippen LogP contribution in [-0.4, -0.2) is 0 Å². The standard InChI is InChI=1S/C21H20.C19H20/c1-6-16-10-8-12-18(14-16)20(21(3,4)5)19-13-9-11-17(7-2)15-19;1-5-15-10-9-13-17(14-15)18(19(2,3)4)16-11-7-6-8-12-16/h1-2,8-15,20H,3-5H3;1,6-14,18H,2-4H3. The maximum absolute atomic E-state index is 5.54. The van der Waals surface area contributed by atoms with Crippen molar-refractivity contribution in [3.8, 4) is 37.0 Å². The second kappa shape index (κ2) is 13.1. The minimum absolute atomic E-state index is 0.0699. The molecule has 0 bridgehead atoms. The van der Waals surface area contributed by atoms with Gasteiger partial charge < -0.3 is 0 Å². The van der Waals surface area contributed by atoms with Crippen molar-refractivity contribution >= 4 is 0 Å². The Morgan fingerprint density at radius 2 is 0.725 bits per heavy atom. The molecule has 0 heteroatoms. The second-order valence-electron chi connectivity index (χ2n) is 12.3. The van der Waals surface area contributed by atoms with Crippen molar-refractivity contribution < 1.29 is 0 Å². The molecule has 0 aliphatic heterocycles. The Morgan fingerprint density at radius 1 is 0.425 bits per heavy atom. The number of rotatable bonds is 4. The molecule has 4 aromatic rings. The van der Waals surface area contributed by atoms with Crippen LogP contribution in [-0.2, 0) is 0 Å². The van der Waals surface area contributed by atoms with Crippen molar-refractivity contribution in [3.05, 3.63) is 142 Å². The lowest BCUT2D eigenvalue weighted by Gasteiger charge is -2.32. The van der Waals surface area contributed by atoms with E-state index in [0.717, 1.165) is 16.7 Å². The molecule has 0 amide bonds. The topological polar surface area (TPSA) is 0 Å². The molecule has 0 aromatic heterocycles. The van der Waals surface area contributed by atoms with Gasteiger partial charge in [-0.2, -0.15) is 0 Å². The van der Waals surface area contributed by atoms with Gasteiger partial charge in [0.15, 0.2) is 0 Å². The van der Waals surface area contributed by atoms with E-state index in [9.17, 15) is 0 Å². The largest absolute Gasteiger partial charge is 0.115 e. The third-order valence-corrected chi connectivity index (χ3v) is 7.02. The minimum Gasteiger partial charge on any atom is -0.115 e. The fourth-order valence-electron chi connectivity index (χ4n) is 5.45. The summed E-state index contributed by atoms with van der Waals surface area (Å²) in [6, 6.07) is 35.4. The van der Waals surface area contributed by atoms with Crippen LogP contribution in [0.25, 0.3) is 0 Å². The van der Waals surface area contributed by atoms with Gasteiger partial charge in [0.2, 0.25) is 0 Å². The first-order chi connectivity index (χ1) is 19.0. The van der Waals surface area contributed by atoms with Crippen LogP contribution in [0.15, 0.2) is 103 Å². The van der Waals surface area contributed by atoms with Crippen LogP contribution < -0.4 is 0 Å². The van der Waals surface area contributed by atoms with Crippen LogP contribution in [0.5, 0.6) is 0 Å². The van der Waals surface area contributed by atoms with Crippen molar-refractivity contribution in [3.63, 3.8) is 0 Å². The van der Waals surface area contributed by atoms with Crippen LogP contribution in [0.3, 0.4) is 0 Å². The summed E-state index contributed by atoms with van der Waals surface area (Å²) < 4.78 is 0. The predicted molar refractivity (Wildman–Crippen MR) is 172 cm³/mol. The van der Waals surface area contributed by atoms with Gasteiger partial charge in [-0.15, -0.1) is 19.3 Å². The molecule has 0 nitrogen and oxygen atoms in total. The molecule has 0 spiro atoms. The van der Waals surface area contributed by atoms with Gasteiger partial charge in [-0.05, 0) is 69.5 Å². The van der Waals surface area contributed by atoms with E-state index in [1.807, 2.05) is 36.4 Å². The fraction of sp³-hybridized carbons (Fsp3) is 0.250. The Balaban J connectivity index is 0.000000222. The van der Waals surface area contributed by atoms with E-state index in [0.29, 0.717) is 5.92 Å². The van der Waals surface area contributed by atoms with Gasteiger partial charge in [-0.3, -0.25) is 0 Å². The van der Waals surface area contributed by atoms with Crippen molar-refractivity contribution in [2.75, 3.05) is 0 Å². The van der Waals surface area contributed by atoms with Gasteiger partial charge in [-0.1, -0.05) is 126 Å². The third kappa shape index (κ3) is 7.79. The first-order valence-electron chi connectivity index (χ1n) is 13.7. The zero-order valence-corrected chi connectivity index (χ0v) is 24.7. The molecule has 0 saturated heterocycles. The highest BCUT2D eigenvalue weighted by Gasteiger charge is 2.29. The van der Waals surface area contributed by atoms with E-state index in [1.54, 1.807) is 0 Å². The summed E-state index contributed by atoms with van der Waals surface area (Å²) in [5.74, 6) is 8.75. The molecule has 4 rings (SSSR count). The lowest BCUT2D eigenvalue weighted by Crippen LogP contribution is -2.20. The van der Waals surface area contributed by atoms with E-state index in [4.69, 9.17) is 19.3 Å². The average molecular weight is 521 g/mol. The van der Waals surface area contributed by atoms with Crippen molar-refractivity contribution in [1.82, 2.24) is 0 Å². The molecule has 1 unspecified atom stereocenters. The van der Waals surface area contributed by atoms with Crippen LogP contribution in [0.1, 0.15) is 92.3 Å². The molecule has 200 valence electrons. The molecule has 0 aliphatic rings. The predicted octanol–water partition coefficient (Wildman–Crippen LogP) is 9.67. The summed E-state index contributed by atoms with van der Waals surface area (Å²) in [7, 11) is 0. The van der Waals surface area contributed by atoms with Crippen molar-refractivity contribution in [2.24, 2.45) is 10.8 Å². The van der Waals surface area contributed by atoms with E-state index >= 15 is 0 Å². The lowest BCUT2D eigenvalue weighted by molar-refractivity contribution is 0.358. The Bertz CT molecular complexity index is 1480. The van der Waals surface area contributed by atoms with Gasteiger partial charge >= 0.3 is 0 Å². The number of hydrogen-bond acceptors (Lipinski definition) is 0. The first-order valence-corrected chi connectivity index (χ1v) is 13.7. The molecular formula is C40H40. The van der Waals surface area contributed by atoms with E-state index in [1.165, 1.54) is 22.3 Å². The molecule has 0 radical (unpaired) electrons. The summed E-state index contributed by atoms with van der Waals surface area (Å²) in [6.45, 7) is 13.5. The lowest BCUT2D eigenvalue weighted by atomic mass is 9.72. The maximum Gasteiger partial charge on any atom is 0.0245 e. The zero-order valence-electron chi connectivity index (χ0n) is 24.7. The summed E-state index contributed by atoms with van der Waals surface area (Å²) in [6.07, 6.45) is 16.6. The minimum atomic E-state index is 0.0699. The monoisotopic (exact) mass is 520 g/mol. The molecule has 1 atom stereocenters. The normalized spacial score (nSPS) is 11.8. The fourth-order valence-corrected chi connectivity index (χ4v) is 5.45. The highest BCUT2D eigenvalue weighted by molar-refractivity contribution is 5.45. The Hall–Kier alpha value is -4.44. The van der Waals surface area contributed by atoms with Crippen LogP contribution in [0, 0.1) is 47.9 Å². The summed E-state index contributed by atoms with van der Waals surface area (Å²) in [5.41, 5.74) is 8.07. The molecule has 0 heterocycles. The van der Waals surface area contributed by atoms with Gasteiger partial charge in [-0.25, -0.2) is 0 Å². The first kappa shape index (κ1) is 30.1. The molecule has 0 N–H and O–H groups in total. The third-order valence-electron chi connectivity index (χ3n) is 7.02. The number of benzene rings is 4. The van der Waals surface area contributed by atoms with Gasteiger partial charge in [0.25, 0.3) is 0 Å². The second-order valence-corrected chi connectivity index (χ2v) is 12.3. The SMILES string of the molecule is C#Cc1cccc(C(c2cccc(C#C)c2)C(C)(C)C)c1.C#Cc1cccc(C(c2ccccc2)C(C)(C)C)c1. The Kier molecular flexibility index (Phi) is 9.84. The summed E-state index contributed by atoms with van der Waals surface area (Å²) in [4.78, 5) is 0. The average Bonchev–Trinajstić information content (AvgIpc) is 2.93. The number of hydrogen-bond donors (Lipinski definition) is 0. The van der Waals surface area contributed by atoms with Gasteiger partial charge in [0, 0.05) is 28.5 Å². The van der Waals surface area contributed by atoms with Crippen LogP contribution in [0.2, 0.25) is 0 Å². The van der Waals surface area contributed by atoms with Crippen LogP contribution >= 0.6 is 0 Å². The summed E-state index contributed by atoms with van der Waals surface area (Å²) >= 11 is 0. The molecule has 0 fully saturated rings. The maximum atomic E-state index is 5.54. The molecule has 0 saturated carbocycles. The quantitative estimate of drug-likeness (QED) is 0.235.